The summed E-state index contributed by atoms with van der Waals surface area (Å²) in [5.74, 6) is 0. The minimum Gasteiger partial charge on any atom is -0.305 e. The van der Waals surface area contributed by atoms with Gasteiger partial charge in [0.05, 0.1) is 5.54 Å². The van der Waals surface area contributed by atoms with Gasteiger partial charge in [0.15, 0.2) is 0 Å². The fourth-order valence-electron chi connectivity index (χ4n) is 3.79. The lowest BCUT2D eigenvalue weighted by Crippen LogP contribution is -2.62. The van der Waals surface area contributed by atoms with E-state index in [0.29, 0.717) is 6.04 Å². The quantitative estimate of drug-likeness (QED) is 0.876. The topological polar surface area (TPSA) is 15.3 Å². The van der Waals surface area contributed by atoms with Crippen molar-refractivity contribution in [3.05, 3.63) is 35.9 Å². The second kappa shape index (κ2) is 5.26. The van der Waals surface area contributed by atoms with E-state index < -0.39 is 0 Å². The number of benzene rings is 1. The van der Waals surface area contributed by atoms with Gasteiger partial charge in [0.1, 0.15) is 0 Å². The van der Waals surface area contributed by atoms with Gasteiger partial charge in [-0.15, -0.1) is 0 Å². The minimum absolute atomic E-state index is 0.108. The molecule has 1 aliphatic heterocycles. The molecule has 1 heterocycles. The van der Waals surface area contributed by atoms with Crippen molar-refractivity contribution in [1.82, 2.24) is 10.2 Å². The molecule has 1 N–H and O–H groups in total. The molecule has 1 aromatic rings. The van der Waals surface area contributed by atoms with Crippen LogP contribution in [0.3, 0.4) is 0 Å². The number of hydrogen-bond donors (Lipinski definition) is 1. The smallest absolute Gasteiger partial charge is 0.0535 e. The zero-order chi connectivity index (χ0) is 13.3. The van der Waals surface area contributed by atoms with Crippen LogP contribution in [0.15, 0.2) is 30.3 Å². The highest BCUT2D eigenvalue weighted by molar-refractivity contribution is 5.25. The Balaban J connectivity index is 1.80. The van der Waals surface area contributed by atoms with Gasteiger partial charge in [-0.1, -0.05) is 43.2 Å². The van der Waals surface area contributed by atoms with Crippen LogP contribution < -0.4 is 5.32 Å². The first-order valence-corrected chi connectivity index (χ1v) is 7.75. The van der Waals surface area contributed by atoms with E-state index in [1.54, 1.807) is 0 Å². The predicted molar refractivity (Wildman–Crippen MR) is 80.2 cm³/mol. The van der Waals surface area contributed by atoms with Gasteiger partial charge in [-0.2, -0.15) is 0 Å². The van der Waals surface area contributed by atoms with Crippen molar-refractivity contribution in [1.29, 1.82) is 0 Å². The van der Waals surface area contributed by atoms with E-state index in [1.807, 2.05) is 0 Å². The standard InChI is InChI=1S/C17H26N2/c1-14-12-18-17(2,15-8-4-3-5-9-15)13-19(14)16-10-6-7-11-16/h3-5,8-9,14,16,18H,6-7,10-13H2,1-2H3. The molecule has 2 fully saturated rings. The van der Waals surface area contributed by atoms with Gasteiger partial charge in [0, 0.05) is 25.2 Å². The Morgan fingerprint density at radius 1 is 1.16 bits per heavy atom. The molecule has 1 saturated carbocycles. The van der Waals surface area contributed by atoms with E-state index in [9.17, 15) is 0 Å². The Morgan fingerprint density at radius 2 is 1.84 bits per heavy atom. The van der Waals surface area contributed by atoms with Gasteiger partial charge in [-0.3, -0.25) is 4.90 Å². The van der Waals surface area contributed by atoms with E-state index in [4.69, 9.17) is 0 Å². The Morgan fingerprint density at radius 3 is 2.53 bits per heavy atom. The second-order valence-electron chi connectivity index (χ2n) is 6.54. The molecule has 0 aromatic heterocycles. The summed E-state index contributed by atoms with van der Waals surface area (Å²) in [5.41, 5.74) is 1.53. The molecule has 1 aliphatic carbocycles. The number of piperazine rings is 1. The molecular formula is C17H26N2. The van der Waals surface area contributed by atoms with Crippen LogP contribution in [0.4, 0.5) is 0 Å². The molecule has 1 aromatic carbocycles. The summed E-state index contributed by atoms with van der Waals surface area (Å²) in [5, 5.41) is 3.77. The van der Waals surface area contributed by atoms with Crippen molar-refractivity contribution in [2.75, 3.05) is 13.1 Å². The van der Waals surface area contributed by atoms with Gasteiger partial charge < -0.3 is 5.32 Å². The normalized spacial score (nSPS) is 33.7. The molecule has 1 saturated heterocycles. The Bertz CT molecular complexity index is 411. The maximum atomic E-state index is 3.77. The molecule has 2 aliphatic rings. The second-order valence-corrected chi connectivity index (χ2v) is 6.54. The lowest BCUT2D eigenvalue weighted by atomic mass is 9.87. The van der Waals surface area contributed by atoms with Crippen LogP contribution in [0.2, 0.25) is 0 Å². The van der Waals surface area contributed by atoms with Gasteiger partial charge in [-0.05, 0) is 32.3 Å². The van der Waals surface area contributed by atoms with Gasteiger partial charge in [-0.25, -0.2) is 0 Å². The van der Waals surface area contributed by atoms with Crippen molar-refractivity contribution >= 4 is 0 Å². The molecule has 0 bridgehead atoms. The van der Waals surface area contributed by atoms with Gasteiger partial charge >= 0.3 is 0 Å². The number of nitrogens with zero attached hydrogens (tertiary/aromatic N) is 1. The lowest BCUT2D eigenvalue weighted by molar-refractivity contribution is 0.0563. The number of rotatable bonds is 2. The van der Waals surface area contributed by atoms with Crippen molar-refractivity contribution in [2.45, 2.75) is 57.2 Å². The molecule has 0 spiro atoms. The molecule has 2 heteroatoms. The molecule has 0 amide bonds. The maximum absolute atomic E-state index is 3.77. The zero-order valence-electron chi connectivity index (χ0n) is 12.2. The van der Waals surface area contributed by atoms with Crippen molar-refractivity contribution in [3.63, 3.8) is 0 Å². The van der Waals surface area contributed by atoms with Gasteiger partial charge in [0.25, 0.3) is 0 Å². The average molecular weight is 258 g/mol. The zero-order valence-corrected chi connectivity index (χ0v) is 12.2. The average Bonchev–Trinajstić information content (AvgIpc) is 2.97. The largest absolute Gasteiger partial charge is 0.305 e. The van der Waals surface area contributed by atoms with Crippen LogP contribution in [0, 0.1) is 0 Å². The number of nitrogens with one attached hydrogen (secondary N) is 1. The first-order valence-electron chi connectivity index (χ1n) is 7.75. The van der Waals surface area contributed by atoms with Crippen molar-refractivity contribution < 1.29 is 0 Å². The molecule has 2 atom stereocenters. The molecule has 2 nitrogen and oxygen atoms in total. The summed E-state index contributed by atoms with van der Waals surface area (Å²) >= 11 is 0. The predicted octanol–water partition coefficient (Wildman–Crippen LogP) is 3.14. The number of hydrogen-bond acceptors (Lipinski definition) is 2. The van der Waals surface area contributed by atoms with Gasteiger partial charge in [0.2, 0.25) is 0 Å². The van der Waals surface area contributed by atoms with Crippen LogP contribution in [-0.4, -0.2) is 30.1 Å². The summed E-state index contributed by atoms with van der Waals surface area (Å²) in [6.07, 6.45) is 5.64. The summed E-state index contributed by atoms with van der Waals surface area (Å²) in [6.45, 7) is 6.97. The van der Waals surface area contributed by atoms with Crippen molar-refractivity contribution in [2.24, 2.45) is 0 Å². The molecule has 3 rings (SSSR count). The van der Waals surface area contributed by atoms with E-state index in [0.717, 1.165) is 19.1 Å². The first-order chi connectivity index (χ1) is 9.19. The van der Waals surface area contributed by atoms with Crippen LogP contribution in [0.25, 0.3) is 0 Å². The lowest BCUT2D eigenvalue weighted by Gasteiger charge is -2.48. The summed E-state index contributed by atoms with van der Waals surface area (Å²) in [6, 6.07) is 12.4. The monoisotopic (exact) mass is 258 g/mol. The highest BCUT2D eigenvalue weighted by atomic mass is 15.3. The third-order valence-electron chi connectivity index (χ3n) is 5.06. The third-order valence-corrected chi connectivity index (χ3v) is 5.06. The summed E-state index contributed by atoms with van der Waals surface area (Å²) in [7, 11) is 0. The van der Waals surface area contributed by atoms with Crippen LogP contribution in [-0.2, 0) is 5.54 Å². The van der Waals surface area contributed by atoms with E-state index >= 15 is 0 Å². The Labute approximate surface area is 117 Å². The first kappa shape index (κ1) is 13.1. The maximum Gasteiger partial charge on any atom is 0.0535 e. The molecular weight excluding hydrogens is 232 g/mol. The molecule has 19 heavy (non-hydrogen) atoms. The van der Waals surface area contributed by atoms with E-state index in [-0.39, 0.29) is 5.54 Å². The fourth-order valence-corrected chi connectivity index (χ4v) is 3.79. The highest BCUT2D eigenvalue weighted by Gasteiger charge is 2.38. The fraction of sp³-hybridized carbons (Fsp3) is 0.647. The van der Waals surface area contributed by atoms with E-state index in [1.165, 1.54) is 31.2 Å². The Kier molecular flexibility index (Phi) is 3.64. The van der Waals surface area contributed by atoms with Crippen LogP contribution in [0.1, 0.15) is 45.1 Å². The van der Waals surface area contributed by atoms with Crippen LogP contribution >= 0.6 is 0 Å². The molecule has 2 unspecified atom stereocenters. The summed E-state index contributed by atoms with van der Waals surface area (Å²) in [4.78, 5) is 2.76. The van der Waals surface area contributed by atoms with Crippen molar-refractivity contribution in [3.8, 4) is 0 Å². The SMILES string of the molecule is CC1CNC(C)(c2ccccc2)CN1C1CCCC1. The Hall–Kier alpha value is -0.860. The highest BCUT2D eigenvalue weighted by Crippen LogP contribution is 2.32. The molecule has 0 radical (unpaired) electrons. The minimum atomic E-state index is 0.108. The third kappa shape index (κ3) is 2.56. The summed E-state index contributed by atoms with van der Waals surface area (Å²) < 4.78 is 0. The van der Waals surface area contributed by atoms with E-state index in [2.05, 4.69) is 54.4 Å². The van der Waals surface area contributed by atoms with Crippen LogP contribution in [0.5, 0.6) is 0 Å². The molecule has 104 valence electrons.